The van der Waals surface area contributed by atoms with Crippen LogP contribution < -0.4 is 17.2 Å². The highest BCUT2D eigenvalue weighted by Gasteiger charge is 2.12. The molecule has 0 aliphatic rings. The standard InChI is InChI=1S/C9H23N3.C7H15NO5/c10-6-2-1-4-9(8-12)5-3-7-11;9-3-1-8(2-4-10)7(12)13-6-5-11/h9H,1-8,10-12H2;9-11H,1-6H2. The third-order valence-electron chi connectivity index (χ3n) is 3.53. The largest absolute Gasteiger partial charge is 0.447 e. The van der Waals surface area contributed by atoms with Gasteiger partial charge in [0, 0.05) is 13.1 Å². The van der Waals surface area contributed by atoms with Gasteiger partial charge in [0.15, 0.2) is 0 Å². The Balaban J connectivity index is 0. The number of hydrogen-bond acceptors (Lipinski definition) is 8. The molecule has 9 N–H and O–H groups in total. The Bertz CT molecular complexity index is 279. The van der Waals surface area contributed by atoms with Gasteiger partial charge in [-0.3, -0.25) is 0 Å². The summed E-state index contributed by atoms with van der Waals surface area (Å²) < 4.78 is 4.57. The zero-order valence-corrected chi connectivity index (χ0v) is 15.3. The maximum Gasteiger partial charge on any atom is 0.409 e. The molecule has 0 aromatic heterocycles. The summed E-state index contributed by atoms with van der Waals surface area (Å²) in [5.74, 6) is 0.667. The average Bonchev–Trinajstić information content (AvgIpc) is 2.63. The van der Waals surface area contributed by atoms with E-state index in [4.69, 9.17) is 32.5 Å². The van der Waals surface area contributed by atoms with E-state index in [1.54, 1.807) is 0 Å². The summed E-state index contributed by atoms with van der Waals surface area (Å²) >= 11 is 0. The molecule has 0 saturated heterocycles. The molecule has 25 heavy (non-hydrogen) atoms. The van der Waals surface area contributed by atoms with Crippen molar-refractivity contribution >= 4 is 6.09 Å². The minimum Gasteiger partial charge on any atom is -0.447 e. The monoisotopic (exact) mass is 366 g/mol. The molecule has 152 valence electrons. The number of nitrogens with two attached hydrogens (primary N) is 3. The molecule has 0 rings (SSSR count). The van der Waals surface area contributed by atoms with Crippen LogP contribution in [0.25, 0.3) is 0 Å². The molecule has 0 radical (unpaired) electrons. The second-order valence-electron chi connectivity index (χ2n) is 5.59. The lowest BCUT2D eigenvalue weighted by atomic mass is 9.97. The number of carbonyl (C=O) groups excluding carboxylic acids is 1. The SMILES string of the molecule is NCCCCC(CN)CCCN.O=C(OCCO)N(CCO)CCO. The van der Waals surface area contributed by atoms with E-state index in [2.05, 4.69) is 4.74 Å². The fourth-order valence-electron chi connectivity index (χ4n) is 2.12. The molecular weight excluding hydrogens is 328 g/mol. The number of hydrogen-bond donors (Lipinski definition) is 6. The Morgan fingerprint density at radius 1 is 0.880 bits per heavy atom. The molecule has 0 aromatic carbocycles. The lowest BCUT2D eigenvalue weighted by molar-refractivity contribution is 0.0721. The molecule has 0 aliphatic heterocycles. The summed E-state index contributed by atoms with van der Waals surface area (Å²) in [5, 5.41) is 25.5. The highest BCUT2D eigenvalue weighted by atomic mass is 16.6. The van der Waals surface area contributed by atoms with E-state index < -0.39 is 6.09 Å². The number of aliphatic hydroxyl groups is 3. The summed E-state index contributed by atoms with van der Waals surface area (Å²) in [6, 6.07) is 0. The van der Waals surface area contributed by atoms with Crippen molar-refractivity contribution in [2.45, 2.75) is 32.1 Å². The summed E-state index contributed by atoms with van der Waals surface area (Å²) in [4.78, 5) is 12.2. The second kappa shape index (κ2) is 21.1. The highest BCUT2D eigenvalue weighted by Crippen LogP contribution is 2.12. The highest BCUT2D eigenvalue weighted by molar-refractivity contribution is 5.67. The van der Waals surface area contributed by atoms with Crippen LogP contribution in [0.5, 0.6) is 0 Å². The average molecular weight is 367 g/mol. The van der Waals surface area contributed by atoms with Crippen LogP contribution in [0.1, 0.15) is 32.1 Å². The van der Waals surface area contributed by atoms with Gasteiger partial charge in [0.05, 0.1) is 19.8 Å². The Kier molecular flexibility index (Phi) is 22.1. The Morgan fingerprint density at radius 3 is 1.88 bits per heavy atom. The van der Waals surface area contributed by atoms with E-state index >= 15 is 0 Å². The normalized spacial score (nSPS) is 11.4. The van der Waals surface area contributed by atoms with Crippen molar-refractivity contribution in [2.24, 2.45) is 23.1 Å². The van der Waals surface area contributed by atoms with Gasteiger partial charge < -0.3 is 42.2 Å². The summed E-state index contributed by atoms with van der Waals surface area (Å²) in [7, 11) is 0. The van der Waals surface area contributed by atoms with E-state index in [0.29, 0.717) is 5.92 Å². The first-order valence-electron chi connectivity index (χ1n) is 8.95. The number of unbranched alkanes of at least 4 members (excludes halogenated alkanes) is 1. The molecule has 0 bridgehead atoms. The van der Waals surface area contributed by atoms with Crippen LogP contribution in [0.15, 0.2) is 0 Å². The van der Waals surface area contributed by atoms with Crippen molar-refractivity contribution < 1.29 is 24.9 Å². The van der Waals surface area contributed by atoms with Crippen molar-refractivity contribution in [3.8, 4) is 0 Å². The van der Waals surface area contributed by atoms with Crippen LogP contribution in [-0.2, 0) is 4.74 Å². The molecule has 0 saturated carbocycles. The maximum absolute atomic E-state index is 11.1. The number of nitrogens with zero attached hydrogens (tertiary/aromatic N) is 1. The fraction of sp³-hybridized carbons (Fsp3) is 0.938. The fourth-order valence-corrected chi connectivity index (χ4v) is 2.12. The quantitative estimate of drug-likeness (QED) is 0.209. The lowest BCUT2D eigenvalue weighted by Crippen LogP contribution is -2.36. The molecular formula is C16H38N4O5. The molecule has 1 unspecified atom stereocenters. The zero-order valence-electron chi connectivity index (χ0n) is 15.3. The van der Waals surface area contributed by atoms with Gasteiger partial charge >= 0.3 is 6.09 Å². The van der Waals surface area contributed by atoms with Crippen molar-refractivity contribution in [2.75, 3.05) is 59.2 Å². The van der Waals surface area contributed by atoms with Crippen molar-refractivity contribution in [1.82, 2.24) is 4.90 Å². The second-order valence-corrected chi connectivity index (χ2v) is 5.59. The minimum atomic E-state index is -0.642. The molecule has 0 aliphatic carbocycles. The number of ether oxygens (including phenoxy) is 1. The van der Waals surface area contributed by atoms with E-state index in [-0.39, 0.29) is 39.5 Å². The molecule has 0 fully saturated rings. The van der Waals surface area contributed by atoms with E-state index in [0.717, 1.165) is 37.4 Å². The molecule has 0 heterocycles. The van der Waals surface area contributed by atoms with E-state index in [1.165, 1.54) is 19.3 Å². The molecule has 1 atom stereocenters. The third-order valence-corrected chi connectivity index (χ3v) is 3.53. The van der Waals surface area contributed by atoms with Crippen LogP contribution in [0.3, 0.4) is 0 Å². The van der Waals surface area contributed by atoms with Gasteiger partial charge in [0.1, 0.15) is 6.61 Å². The van der Waals surface area contributed by atoms with E-state index in [9.17, 15) is 4.79 Å². The predicted molar refractivity (Wildman–Crippen MR) is 97.9 cm³/mol. The van der Waals surface area contributed by atoms with Gasteiger partial charge in [-0.1, -0.05) is 6.42 Å². The number of aliphatic hydroxyl groups excluding tert-OH is 3. The van der Waals surface area contributed by atoms with Gasteiger partial charge in [-0.15, -0.1) is 0 Å². The molecule has 1 amide bonds. The Morgan fingerprint density at radius 2 is 1.44 bits per heavy atom. The van der Waals surface area contributed by atoms with Gasteiger partial charge in [-0.25, -0.2) is 4.79 Å². The van der Waals surface area contributed by atoms with Crippen LogP contribution in [0, 0.1) is 5.92 Å². The van der Waals surface area contributed by atoms with Crippen molar-refractivity contribution in [1.29, 1.82) is 0 Å². The summed E-state index contributed by atoms with van der Waals surface area (Å²) in [5.41, 5.74) is 16.5. The molecule has 0 spiro atoms. The van der Waals surface area contributed by atoms with Gasteiger partial charge in [0.25, 0.3) is 0 Å². The first kappa shape index (κ1) is 26.3. The van der Waals surface area contributed by atoms with Crippen LogP contribution >= 0.6 is 0 Å². The Hall–Kier alpha value is -0.970. The lowest BCUT2D eigenvalue weighted by Gasteiger charge is -2.19. The first-order chi connectivity index (χ1) is 12.1. The van der Waals surface area contributed by atoms with Crippen LogP contribution in [-0.4, -0.2) is 85.5 Å². The van der Waals surface area contributed by atoms with Gasteiger partial charge in [0.2, 0.25) is 0 Å². The number of rotatable bonds is 14. The topological polar surface area (TPSA) is 168 Å². The number of carbonyl (C=O) groups is 1. The summed E-state index contributed by atoms with van der Waals surface area (Å²) in [6.07, 6.45) is 5.19. The zero-order chi connectivity index (χ0) is 19.3. The van der Waals surface area contributed by atoms with Crippen LogP contribution in [0.2, 0.25) is 0 Å². The third kappa shape index (κ3) is 17.6. The van der Waals surface area contributed by atoms with Crippen LogP contribution in [0.4, 0.5) is 4.79 Å². The Labute approximate surface area is 151 Å². The van der Waals surface area contributed by atoms with Crippen molar-refractivity contribution in [3.63, 3.8) is 0 Å². The number of amides is 1. The summed E-state index contributed by atoms with van der Waals surface area (Å²) in [6.45, 7) is 1.92. The molecule has 0 aromatic rings. The molecule has 9 nitrogen and oxygen atoms in total. The van der Waals surface area contributed by atoms with E-state index in [1.807, 2.05) is 0 Å². The van der Waals surface area contributed by atoms with Gasteiger partial charge in [-0.05, 0) is 51.2 Å². The maximum atomic E-state index is 11.1. The molecule has 9 heteroatoms. The van der Waals surface area contributed by atoms with Crippen molar-refractivity contribution in [3.05, 3.63) is 0 Å². The predicted octanol–water partition coefficient (Wildman–Crippen LogP) is -1.17. The smallest absolute Gasteiger partial charge is 0.409 e. The minimum absolute atomic E-state index is 0.0772. The van der Waals surface area contributed by atoms with Gasteiger partial charge in [-0.2, -0.15) is 0 Å². The first-order valence-corrected chi connectivity index (χ1v) is 8.95.